The number of benzene rings is 1. The van der Waals surface area contributed by atoms with Crippen molar-refractivity contribution in [2.45, 2.75) is 13.3 Å². The van der Waals surface area contributed by atoms with Crippen molar-refractivity contribution in [3.8, 4) is 0 Å². The van der Waals surface area contributed by atoms with Gasteiger partial charge >= 0.3 is 11.9 Å². The van der Waals surface area contributed by atoms with Crippen molar-refractivity contribution in [1.82, 2.24) is 0 Å². The van der Waals surface area contributed by atoms with E-state index >= 15 is 0 Å². The van der Waals surface area contributed by atoms with Crippen LogP contribution in [0.25, 0.3) is 0 Å². The molecule has 0 amide bonds. The van der Waals surface area contributed by atoms with Crippen LogP contribution in [-0.2, 0) is 9.78 Å². The second-order valence-corrected chi connectivity index (χ2v) is 3.04. The van der Waals surface area contributed by atoms with Crippen LogP contribution in [0.4, 0.5) is 0 Å². The summed E-state index contributed by atoms with van der Waals surface area (Å²) in [6, 6.07) is 5.80. The van der Waals surface area contributed by atoms with Crippen molar-refractivity contribution < 1.29 is 24.5 Å². The van der Waals surface area contributed by atoms with Gasteiger partial charge in [0, 0.05) is 0 Å². The Labute approximate surface area is 92.5 Å². The minimum absolute atomic E-state index is 0.0221. The van der Waals surface area contributed by atoms with Gasteiger partial charge in [0.2, 0.25) is 0 Å². The van der Waals surface area contributed by atoms with Crippen LogP contribution in [0.1, 0.15) is 34.1 Å². The molecule has 5 heteroatoms. The highest BCUT2D eigenvalue weighted by Gasteiger charge is 2.17. The zero-order chi connectivity index (χ0) is 12.0. The molecule has 5 nitrogen and oxygen atoms in total. The maximum absolute atomic E-state index is 11.4. The van der Waals surface area contributed by atoms with Crippen molar-refractivity contribution in [2.75, 3.05) is 6.61 Å². The molecule has 1 rings (SSSR count). The lowest BCUT2D eigenvalue weighted by Gasteiger charge is -2.04. The summed E-state index contributed by atoms with van der Waals surface area (Å²) >= 11 is 0. The highest BCUT2D eigenvalue weighted by atomic mass is 17.2. The second kappa shape index (κ2) is 5.87. The molecule has 0 radical (unpaired) electrons. The van der Waals surface area contributed by atoms with Crippen LogP contribution >= 0.6 is 0 Å². The fourth-order valence-electron chi connectivity index (χ4n) is 1.07. The molecule has 0 saturated carbocycles. The van der Waals surface area contributed by atoms with Crippen molar-refractivity contribution in [3.05, 3.63) is 35.4 Å². The zero-order valence-corrected chi connectivity index (χ0v) is 8.80. The van der Waals surface area contributed by atoms with E-state index in [1.165, 1.54) is 18.2 Å². The third kappa shape index (κ3) is 3.06. The second-order valence-electron chi connectivity index (χ2n) is 3.04. The Kier molecular flexibility index (Phi) is 4.47. The van der Waals surface area contributed by atoms with Crippen LogP contribution in [0.3, 0.4) is 0 Å². The lowest BCUT2D eigenvalue weighted by atomic mass is 10.1. The number of hydrogen-bond donors (Lipinski definition) is 1. The number of carboxylic acid groups (broad SMARTS) is 1. The van der Waals surface area contributed by atoms with E-state index in [-0.39, 0.29) is 17.7 Å². The highest BCUT2D eigenvalue weighted by molar-refractivity contribution is 6.02. The van der Waals surface area contributed by atoms with E-state index < -0.39 is 11.9 Å². The van der Waals surface area contributed by atoms with Crippen LogP contribution in [0.5, 0.6) is 0 Å². The summed E-state index contributed by atoms with van der Waals surface area (Å²) in [5.41, 5.74) is -0.126. The smallest absolute Gasteiger partial charge is 0.373 e. The average Bonchev–Trinajstić information content (AvgIpc) is 2.29. The van der Waals surface area contributed by atoms with E-state index in [1.54, 1.807) is 6.07 Å². The Morgan fingerprint density at radius 1 is 1.25 bits per heavy atom. The Morgan fingerprint density at radius 2 is 1.88 bits per heavy atom. The molecule has 0 aromatic heterocycles. The van der Waals surface area contributed by atoms with Crippen LogP contribution in [0.2, 0.25) is 0 Å². The highest BCUT2D eigenvalue weighted by Crippen LogP contribution is 2.10. The molecule has 0 aliphatic heterocycles. The van der Waals surface area contributed by atoms with Gasteiger partial charge in [-0.3, -0.25) is 4.89 Å². The number of hydrogen-bond acceptors (Lipinski definition) is 4. The number of rotatable bonds is 5. The molecule has 1 aromatic carbocycles. The van der Waals surface area contributed by atoms with Crippen molar-refractivity contribution in [3.63, 3.8) is 0 Å². The summed E-state index contributed by atoms with van der Waals surface area (Å²) in [5, 5.41) is 8.84. The van der Waals surface area contributed by atoms with Crippen molar-refractivity contribution >= 4 is 11.9 Å². The van der Waals surface area contributed by atoms with Crippen molar-refractivity contribution in [2.24, 2.45) is 0 Å². The molecule has 1 N–H and O–H groups in total. The van der Waals surface area contributed by atoms with Gasteiger partial charge in [-0.05, 0) is 18.6 Å². The van der Waals surface area contributed by atoms with Crippen LogP contribution in [0, 0.1) is 0 Å². The van der Waals surface area contributed by atoms with Gasteiger partial charge in [0.15, 0.2) is 0 Å². The monoisotopic (exact) mass is 224 g/mol. The minimum atomic E-state index is -1.18. The predicted molar refractivity (Wildman–Crippen MR) is 55.1 cm³/mol. The number of carbonyl (C=O) groups excluding carboxylic acids is 1. The minimum Gasteiger partial charge on any atom is -0.478 e. The first-order valence-corrected chi connectivity index (χ1v) is 4.83. The Morgan fingerprint density at radius 3 is 2.44 bits per heavy atom. The fourth-order valence-corrected chi connectivity index (χ4v) is 1.07. The third-order valence-electron chi connectivity index (χ3n) is 1.80. The third-order valence-corrected chi connectivity index (χ3v) is 1.80. The number of carbonyl (C=O) groups is 2. The van der Waals surface area contributed by atoms with E-state index in [4.69, 9.17) is 5.11 Å². The molecular formula is C11H12O5. The van der Waals surface area contributed by atoms with Gasteiger partial charge in [0.05, 0.1) is 17.7 Å². The molecule has 0 fully saturated rings. The Bertz CT molecular complexity index is 386. The first kappa shape index (κ1) is 12.2. The van der Waals surface area contributed by atoms with Crippen LogP contribution in [-0.4, -0.2) is 23.7 Å². The van der Waals surface area contributed by atoms with E-state index in [0.29, 0.717) is 6.42 Å². The lowest BCUT2D eigenvalue weighted by Crippen LogP contribution is -2.12. The van der Waals surface area contributed by atoms with Crippen LogP contribution < -0.4 is 0 Å². The predicted octanol–water partition coefficient (Wildman–Crippen LogP) is 1.88. The standard InChI is InChI=1S/C11H12O5/c1-2-7-15-16-11(14)9-6-4-3-5-8(9)10(12)13/h3-6H,2,7H2,1H3,(H,12,13). The largest absolute Gasteiger partial charge is 0.478 e. The maximum atomic E-state index is 11.4. The summed E-state index contributed by atoms with van der Waals surface area (Å²) in [4.78, 5) is 31.3. The first-order valence-electron chi connectivity index (χ1n) is 4.83. The molecule has 0 spiro atoms. The molecule has 0 aliphatic carbocycles. The van der Waals surface area contributed by atoms with Gasteiger partial charge in [-0.1, -0.05) is 19.1 Å². The molecule has 0 saturated heterocycles. The summed E-state index contributed by atoms with van der Waals surface area (Å²) < 4.78 is 0. The van der Waals surface area contributed by atoms with Gasteiger partial charge in [0.25, 0.3) is 0 Å². The van der Waals surface area contributed by atoms with Gasteiger partial charge in [-0.2, -0.15) is 4.89 Å². The van der Waals surface area contributed by atoms with E-state index in [1.807, 2.05) is 6.92 Å². The Balaban J connectivity index is 2.78. The molecular weight excluding hydrogens is 212 g/mol. The quantitative estimate of drug-likeness (QED) is 0.469. The van der Waals surface area contributed by atoms with Gasteiger partial charge < -0.3 is 5.11 Å². The summed E-state index contributed by atoms with van der Waals surface area (Å²) in [6.45, 7) is 2.14. The number of carboxylic acids is 1. The molecule has 86 valence electrons. The van der Waals surface area contributed by atoms with Crippen molar-refractivity contribution in [1.29, 1.82) is 0 Å². The topological polar surface area (TPSA) is 72.8 Å². The lowest BCUT2D eigenvalue weighted by molar-refractivity contribution is -0.240. The molecule has 0 aliphatic rings. The van der Waals surface area contributed by atoms with Crippen LogP contribution in [0.15, 0.2) is 24.3 Å². The molecule has 16 heavy (non-hydrogen) atoms. The molecule has 0 heterocycles. The molecule has 0 atom stereocenters. The maximum Gasteiger partial charge on any atom is 0.373 e. The SMILES string of the molecule is CCCOOC(=O)c1ccccc1C(=O)O. The van der Waals surface area contributed by atoms with Gasteiger partial charge in [-0.25, -0.2) is 9.59 Å². The normalized spacial score (nSPS) is 9.81. The molecule has 1 aromatic rings. The first-order chi connectivity index (χ1) is 7.66. The van der Waals surface area contributed by atoms with E-state index in [2.05, 4.69) is 9.78 Å². The van der Waals surface area contributed by atoms with Gasteiger partial charge in [0.1, 0.15) is 0 Å². The average molecular weight is 224 g/mol. The Hall–Kier alpha value is -1.88. The van der Waals surface area contributed by atoms with Gasteiger partial charge in [-0.15, -0.1) is 0 Å². The fraction of sp³-hybridized carbons (Fsp3) is 0.273. The summed E-state index contributed by atoms with van der Waals surface area (Å²) in [7, 11) is 0. The summed E-state index contributed by atoms with van der Waals surface area (Å²) in [5.74, 6) is -1.98. The summed E-state index contributed by atoms with van der Waals surface area (Å²) in [6.07, 6.45) is 0.702. The zero-order valence-electron chi connectivity index (χ0n) is 8.80. The van der Waals surface area contributed by atoms with E-state index in [0.717, 1.165) is 0 Å². The van der Waals surface area contributed by atoms with E-state index in [9.17, 15) is 9.59 Å². The molecule has 0 bridgehead atoms. The molecule has 0 unspecified atom stereocenters. The number of aromatic carboxylic acids is 1.